The molecule has 0 unspecified atom stereocenters. The van der Waals surface area contributed by atoms with E-state index in [0.29, 0.717) is 5.56 Å². The highest BCUT2D eigenvalue weighted by Gasteiger charge is 2.08. The van der Waals surface area contributed by atoms with Gasteiger partial charge in [0.2, 0.25) is 10.0 Å². The lowest BCUT2D eigenvalue weighted by molar-refractivity contribution is -0.757. The first-order chi connectivity index (χ1) is 9.79. The molecule has 21 heavy (non-hydrogen) atoms. The Labute approximate surface area is 120 Å². The fourth-order valence-electron chi connectivity index (χ4n) is 1.37. The first kappa shape index (κ1) is 16.9. The number of nitrogens with zero attached hydrogens (tertiary/aromatic N) is 1. The Balaban J connectivity index is 2.35. The average Bonchev–Trinajstić information content (AvgIpc) is 2.40. The molecule has 1 aromatic rings. The van der Waals surface area contributed by atoms with Gasteiger partial charge < -0.3 is 9.57 Å². The molecule has 0 aliphatic heterocycles. The zero-order valence-electron chi connectivity index (χ0n) is 10.9. The van der Waals surface area contributed by atoms with Gasteiger partial charge in [0.05, 0.1) is 11.5 Å². The molecule has 0 saturated carbocycles. The van der Waals surface area contributed by atoms with Crippen LogP contribution in [0.15, 0.2) is 29.2 Å². The van der Waals surface area contributed by atoms with Crippen molar-refractivity contribution in [2.45, 2.75) is 24.3 Å². The molecule has 1 aromatic carbocycles. The Morgan fingerprint density at radius 3 is 2.43 bits per heavy atom. The van der Waals surface area contributed by atoms with Gasteiger partial charge in [-0.2, -0.15) is 0 Å². The Morgan fingerprint density at radius 2 is 1.90 bits per heavy atom. The second-order valence-electron chi connectivity index (χ2n) is 4.01. The molecule has 0 amide bonds. The van der Waals surface area contributed by atoms with E-state index >= 15 is 0 Å². The summed E-state index contributed by atoms with van der Waals surface area (Å²) in [5.74, 6) is -0.530. The van der Waals surface area contributed by atoms with Gasteiger partial charge in [-0.25, -0.2) is 13.6 Å². The van der Waals surface area contributed by atoms with Gasteiger partial charge in [-0.05, 0) is 24.1 Å². The molecule has 0 fully saturated rings. The van der Waals surface area contributed by atoms with Crippen molar-refractivity contribution in [3.63, 3.8) is 0 Å². The van der Waals surface area contributed by atoms with E-state index in [4.69, 9.17) is 9.88 Å². The molecule has 0 heterocycles. The Kier molecular flexibility index (Phi) is 6.06. The number of primary sulfonamides is 1. The van der Waals surface area contributed by atoms with Crippen molar-refractivity contribution in [1.29, 1.82) is 0 Å². The van der Waals surface area contributed by atoms with Gasteiger partial charge in [-0.15, -0.1) is 10.1 Å². The van der Waals surface area contributed by atoms with Crippen molar-refractivity contribution in [3.05, 3.63) is 39.9 Å². The maximum atomic E-state index is 11.3. The number of carbonyl (C=O) groups excluding carboxylic acids is 1. The predicted molar refractivity (Wildman–Crippen MR) is 69.8 cm³/mol. The number of benzene rings is 1. The van der Waals surface area contributed by atoms with Crippen molar-refractivity contribution in [3.8, 4) is 0 Å². The highest BCUT2D eigenvalue weighted by atomic mass is 32.2. The van der Waals surface area contributed by atoms with Crippen LogP contribution in [-0.2, 0) is 31.0 Å². The summed E-state index contributed by atoms with van der Waals surface area (Å²) in [5.41, 5.74) is 0.595. The van der Waals surface area contributed by atoms with Crippen LogP contribution in [0.1, 0.15) is 18.4 Å². The number of sulfonamides is 1. The van der Waals surface area contributed by atoms with Crippen LogP contribution in [-0.4, -0.2) is 26.1 Å². The van der Waals surface area contributed by atoms with Crippen molar-refractivity contribution in [1.82, 2.24) is 0 Å². The average molecular weight is 318 g/mol. The predicted octanol–water partition coefficient (Wildman–Crippen LogP) is 0.366. The van der Waals surface area contributed by atoms with Gasteiger partial charge in [-0.1, -0.05) is 12.1 Å². The maximum absolute atomic E-state index is 11.3. The number of rotatable bonds is 8. The highest BCUT2D eigenvalue weighted by Crippen LogP contribution is 2.10. The van der Waals surface area contributed by atoms with Crippen LogP contribution in [0, 0.1) is 10.1 Å². The van der Waals surface area contributed by atoms with Crippen LogP contribution >= 0.6 is 0 Å². The summed E-state index contributed by atoms with van der Waals surface area (Å²) in [7, 11) is -3.75. The third-order valence-electron chi connectivity index (χ3n) is 2.37. The topological polar surface area (TPSA) is 139 Å². The third kappa shape index (κ3) is 6.68. The normalized spacial score (nSPS) is 10.9. The van der Waals surface area contributed by atoms with Crippen LogP contribution in [0.3, 0.4) is 0 Å². The van der Waals surface area contributed by atoms with E-state index in [1.54, 1.807) is 0 Å². The van der Waals surface area contributed by atoms with Crippen LogP contribution < -0.4 is 5.14 Å². The monoisotopic (exact) mass is 318 g/mol. The van der Waals surface area contributed by atoms with Gasteiger partial charge in [0.1, 0.15) is 6.61 Å². The molecule has 2 N–H and O–H groups in total. The fraction of sp³-hybridized carbons (Fsp3) is 0.364. The summed E-state index contributed by atoms with van der Waals surface area (Å²) in [6.07, 6.45) is 0.160. The third-order valence-corrected chi connectivity index (χ3v) is 3.30. The number of carbonyl (C=O) groups is 1. The zero-order chi connectivity index (χ0) is 15.9. The molecule has 0 aliphatic rings. The van der Waals surface area contributed by atoms with Crippen LogP contribution in [0.2, 0.25) is 0 Å². The van der Waals surface area contributed by atoms with Crippen molar-refractivity contribution < 1.29 is 27.9 Å². The number of nitrogens with two attached hydrogens (primary N) is 1. The molecular weight excluding hydrogens is 304 g/mol. The molecule has 0 atom stereocenters. The van der Waals surface area contributed by atoms with E-state index in [0.717, 1.165) is 0 Å². The molecular formula is C11H14N2O7S. The lowest BCUT2D eigenvalue weighted by atomic mass is 10.2. The minimum atomic E-state index is -3.75. The molecule has 0 bridgehead atoms. The summed E-state index contributed by atoms with van der Waals surface area (Å²) in [4.78, 5) is 25.2. The van der Waals surface area contributed by atoms with Crippen molar-refractivity contribution >= 4 is 16.0 Å². The number of ether oxygens (including phenoxy) is 1. The van der Waals surface area contributed by atoms with Crippen molar-refractivity contribution in [2.75, 3.05) is 6.61 Å². The molecule has 0 aliphatic carbocycles. The molecule has 1 rings (SSSR count). The molecule has 0 aromatic heterocycles. The van der Waals surface area contributed by atoms with Crippen LogP contribution in [0.4, 0.5) is 0 Å². The zero-order valence-corrected chi connectivity index (χ0v) is 11.7. The quantitative estimate of drug-likeness (QED) is 0.316. The van der Waals surface area contributed by atoms with Gasteiger partial charge >= 0.3 is 5.97 Å². The fourth-order valence-corrected chi connectivity index (χ4v) is 1.88. The molecule has 10 heteroatoms. The lowest BCUT2D eigenvalue weighted by Gasteiger charge is -2.05. The first-order valence-corrected chi connectivity index (χ1v) is 7.38. The summed E-state index contributed by atoms with van der Waals surface area (Å²) in [6.45, 7) is -0.203. The standard InChI is InChI=1S/C11H14N2O7S/c12-21(17,18)10-5-3-9(4-6-10)8-19-11(14)2-1-7-20-13(15)16/h3-6H,1-2,7-8H2,(H2,12,17,18). The Bertz CT molecular complexity index is 598. The maximum Gasteiger partial charge on any atom is 0.306 e. The molecule has 0 radical (unpaired) electrons. The largest absolute Gasteiger partial charge is 0.461 e. The van der Waals surface area contributed by atoms with Crippen LogP contribution in [0.5, 0.6) is 0 Å². The van der Waals surface area contributed by atoms with Gasteiger partial charge in [0.25, 0.3) is 5.09 Å². The number of hydrogen-bond donors (Lipinski definition) is 1. The van der Waals surface area contributed by atoms with Crippen LogP contribution in [0.25, 0.3) is 0 Å². The highest BCUT2D eigenvalue weighted by molar-refractivity contribution is 7.89. The molecule has 0 saturated heterocycles. The van der Waals surface area contributed by atoms with E-state index in [2.05, 4.69) is 4.84 Å². The minimum absolute atomic E-state index is 0.0108. The molecule has 0 spiro atoms. The molecule has 9 nitrogen and oxygen atoms in total. The summed E-state index contributed by atoms with van der Waals surface area (Å²) in [5, 5.41) is 13.9. The van der Waals surface area contributed by atoms with E-state index in [1.165, 1.54) is 24.3 Å². The van der Waals surface area contributed by atoms with Crippen molar-refractivity contribution in [2.24, 2.45) is 5.14 Å². The van der Waals surface area contributed by atoms with Gasteiger partial charge in [0.15, 0.2) is 0 Å². The Hall–Kier alpha value is -2.20. The SMILES string of the molecule is NS(=O)(=O)c1ccc(COC(=O)CCCO[N+](=O)[O-])cc1. The van der Waals surface area contributed by atoms with Gasteiger partial charge in [-0.3, -0.25) is 4.79 Å². The summed E-state index contributed by atoms with van der Waals surface area (Å²) in [6, 6.07) is 5.57. The minimum Gasteiger partial charge on any atom is -0.461 e. The number of hydrogen-bond acceptors (Lipinski definition) is 7. The van der Waals surface area contributed by atoms with E-state index in [9.17, 15) is 23.3 Å². The van der Waals surface area contributed by atoms with E-state index in [1.807, 2.05) is 0 Å². The van der Waals surface area contributed by atoms with E-state index < -0.39 is 21.1 Å². The summed E-state index contributed by atoms with van der Waals surface area (Å²) < 4.78 is 27.0. The lowest BCUT2D eigenvalue weighted by Crippen LogP contribution is -2.12. The molecule has 116 valence electrons. The second kappa shape index (κ2) is 7.55. The van der Waals surface area contributed by atoms with E-state index in [-0.39, 0.29) is 31.0 Å². The number of esters is 1. The second-order valence-corrected chi connectivity index (χ2v) is 5.57. The summed E-state index contributed by atoms with van der Waals surface area (Å²) >= 11 is 0. The smallest absolute Gasteiger partial charge is 0.306 e. The first-order valence-electron chi connectivity index (χ1n) is 5.83. The Morgan fingerprint density at radius 1 is 1.29 bits per heavy atom. The van der Waals surface area contributed by atoms with Gasteiger partial charge in [0, 0.05) is 6.42 Å².